The van der Waals surface area contributed by atoms with Crippen molar-refractivity contribution in [3.63, 3.8) is 0 Å². The topological polar surface area (TPSA) is 109 Å². The van der Waals surface area contributed by atoms with Gasteiger partial charge in [0, 0.05) is 12.1 Å². The number of fused-ring (bicyclic) bond motifs is 1. The first-order valence-electron chi connectivity index (χ1n) is 8.48. The van der Waals surface area contributed by atoms with Gasteiger partial charge in [-0.2, -0.15) is 0 Å². The second kappa shape index (κ2) is 7.08. The van der Waals surface area contributed by atoms with Crippen molar-refractivity contribution in [1.82, 2.24) is 0 Å². The zero-order valence-electron chi connectivity index (χ0n) is 15.1. The van der Waals surface area contributed by atoms with Crippen LogP contribution in [0.2, 0.25) is 0 Å². The predicted octanol–water partition coefficient (Wildman–Crippen LogP) is 4.26. The lowest BCUT2D eigenvalue weighted by atomic mass is 10.1. The van der Waals surface area contributed by atoms with Gasteiger partial charge in [0.2, 0.25) is 5.78 Å². The highest BCUT2D eigenvalue weighted by Crippen LogP contribution is 2.35. The lowest BCUT2D eigenvalue weighted by Crippen LogP contribution is -2.02. The number of nitro benzene ring substituents is 1. The summed E-state index contributed by atoms with van der Waals surface area (Å²) in [6.07, 6.45) is 1.40. The zero-order valence-corrected chi connectivity index (χ0v) is 15.1. The number of methoxy groups -OCH3 is 1. The van der Waals surface area contributed by atoms with Crippen LogP contribution in [0.15, 0.2) is 64.8 Å². The molecule has 4 rings (SSSR count). The van der Waals surface area contributed by atoms with E-state index < -0.39 is 16.7 Å². The average Bonchev–Trinajstić information content (AvgIpc) is 3.32. The Morgan fingerprint density at radius 2 is 1.90 bits per heavy atom. The maximum atomic E-state index is 12.6. The van der Waals surface area contributed by atoms with Crippen molar-refractivity contribution in [3.8, 4) is 17.1 Å². The van der Waals surface area contributed by atoms with E-state index in [4.69, 9.17) is 9.15 Å². The van der Waals surface area contributed by atoms with Gasteiger partial charge in [-0.25, -0.2) is 4.79 Å². The van der Waals surface area contributed by atoms with Gasteiger partial charge in [-0.3, -0.25) is 14.9 Å². The summed E-state index contributed by atoms with van der Waals surface area (Å²) >= 11 is 0. The van der Waals surface area contributed by atoms with Crippen LogP contribution in [0.25, 0.3) is 17.4 Å². The predicted molar refractivity (Wildman–Crippen MR) is 102 cm³/mol. The summed E-state index contributed by atoms with van der Waals surface area (Å²) < 4.78 is 15.9. The minimum absolute atomic E-state index is 0.0190. The summed E-state index contributed by atoms with van der Waals surface area (Å²) in [4.78, 5) is 35.0. The van der Waals surface area contributed by atoms with Gasteiger partial charge in [0.05, 0.1) is 28.7 Å². The number of ether oxygens (including phenoxy) is 2. The Labute approximate surface area is 164 Å². The molecular formula is C21H13NO7. The highest BCUT2D eigenvalue weighted by Gasteiger charge is 2.29. The number of carbonyl (C=O) groups is 2. The summed E-state index contributed by atoms with van der Waals surface area (Å²) in [6, 6.07) is 13.8. The van der Waals surface area contributed by atoms with Crippen LogP contribution >= 0.6 is 0 Å². The molecule has 0 bridgehead atoms. The number of hydrogen-bond donors (Lipinski definition) is 0. The average molecular weight is 391 g/mol. The molecule has 2 aromatic carbocycles. The van der Waals surface area contributed by atoms with Crippen LogP contribution in [-0.4, -0.2) is 23.8 Å². The molecule has 8 nitrogen and oxygen atoms in total. The quantitative estimate of drug-likeness (QED) is 0.283. The number of furan rings is 1. The number of ketones is 1. The van der Waals surface area contributed by atoms with E-state index in [0.29, 0.717) is 22.8 Å². The van der Waals surface area contributed by atoms with E-state index >= 15 is 0 Å². The molecule has 1 aromatic heterocycles. The SMILES string of the molecule is COC(=O)c1ccc2c(c1)C(=O)C(=Cc1ccc(-c3ccccc3[N+](=O)[O-])o1)O2. The minimum Gasteiger partial charge on any atom is -0.465 e. The van der Waals surface area contributed by atoms with E-state index in [2.05, 4.69) is 4.74 Å². The number of esters is 1. The third-order valence-electron chi connectivity index (χ3n) is 4.36. The fraction of sp³-hybridized carbons (Fsp3) is 0.0476. The van der Waals surface area contributed by atoms with Gasteiger partial charge in [0.1, 0.15) is 17.3 Å². The van der Waals surface area contributed by atoms with E-state index in [9.17, 15) is 19.7 Å². The lowest BCUT2D eigenvalue weighted by Gasteiger charge is -2.00. The molecule has 3 aromatic rings. The first-order valence-corrected chi connectivity index (χ1v) is 8.48. The van der Waals surface area contributed by atoms with Gasteiger partial charge >= 0.3 is 5.97 Å². The number of para-hydroxylation sites is 1. The van der Waals surface area contributed by atoms with Crippen molar-refractivity contribution < 1.29 is 28.4 Å². The van der Waals surface area contributed by atoms with Gasteiger partial charge in [-0.05, 0) is 36.4 Å². The van der Waals surface area contributed by atoms with Crippen molar-refractivity contribution in [3.05, 3.63) is 87.4 Å². The molecule has 0 spiro atoms. The van der Waals surface area contributed by atoms with E-state index in [1.807, 2.05) is 0 Å². The number of benzene rings is 2. The van der Waals surface area contributed by atoms with E-state index in [-0.39, 0.29) is 22.6 Å². The fourth-order valence-electron chi connectivity index (χ4n) is 2.98. The number of nitro groups is 1. The molecule has 0 aliphatic carbocycles. The Balaban J connectivity index is 1.64. The van der Waals surface area contributed by atoms with E-state index in [0.717, 1.165) is 0 Å². The van der Waals surface area contributed by atoms with Crippen molar-refractivity contribution in [2.24, 2.45) is 0 Å². The van der Waals surface area contributed by atoms with Gasteiger partial charge in [-0.1, -0.05) is 12.1 Å². The number of carbonyl (C=O) groups excluding carboxylic acids is 2. The van der Waals surface area contributed by atoms with Gasteiger partial charge in [0.15, 0.2) is 5.76 Å². The van der Waals surface area contributed by atoms with Crippen molar-refractivity contribution >= 4 is 23.5 Å². The molecule has 0 unspecified atom stereocenters. The molecule has 144 valence electrons. The first-order chi connectivity index (χ1) is 14.0. The molecular weight excluding hydrogens is 378 g/mol. The maximum absolute atomic E-state index is 12.6. The summed E-state index contributed by atoms with van der Waals surface area (Å²) in [5.74, 6) is -0.0417. The van der Waals surface area contributed by atoms with Gasteiger partial charge in [0.25, 0.3) is 5.69 Å². The second-order valence-electron chi connectivity index (χ2n) is 6.12. The van der Waals surface area contributed by atoms with E-state index in [1.165, 1.54) is 37.5 Å². The summed E-state index contributed by atoms with van der Waals surface area (Å²) in [5.41, 5.74) is 0.717. The molecule has 0 atom stereocenters. The standard InChI is InChI=1S/C21H13NO7/c1-27-21(24)12-6-8-18-15(10-12)20(23)19(29-18)11-13-7-9-17(28-13)14-4-2-3-5-16(14)22(25)26/h2-11H,1H3. The van der Waals surface area contributed by atoms with Gasteiger partial charge < -0.3 is 13.9 Å². The maximum Gasteiger partial charge on any atom is 0.337 e. The molecule has 29 heavy (non-hydrogen) atoms. The smallest absolute Gasteiger partial charge is 0.337 e. The van der Waals surface area contributed by atoms with Crippen LogP contribution < -0.4 is 4.74 Å². The molecule has 0 radical (unpaired) electrons. The minimum atomic E-state index is -0.557. The first kappa shape index (κ1) is 18.2. The molecule has 0 N–H and O–H groups in total. The monoisotopic (exact) mass is 391 g/mol. The van der Waals surface area contributed by atoms with Crippen LogP contribution in [0.4, 0.5) is 5.69 Å². The van der Waals surface area contributed by atoms with Crippen molar-refractivity contribution in [1.29, 1.82) is 0 Å². The molecule has 2 heterocycles. The molecule has 8 heteroatoms. The Morgan fingerprint density at radius 3 is 2.66 bits per heavy atom. The normalized spacial score (nSPS) is 13.8. The molecule has 0 amide bonds. The number of nitrogens with zero attached hydrogens (tertiary/aromatic N) is 1. The Hall–Kier alpha value is -4.20. The second-order valence-corrected chi connectivity index (χ2v) is 6.12. The molecule has 0 saturated carbocycles. The van der Waals surface area contributed by atoms with Crippen molar-refractivity contribution in [2.75, 3.05) is 7.11 Å². The Bertz CT molecular complexity index is 1190. The number of hydrogen-bond acceptors (Lipinski definition) is 7. The zero-order chi connectivity index (χ0) is 20.5. The Kier molecular flexibility index (Phi) is 4.44. The van der Waals surface area contributed by atoms with Crippen LogP contribution in [0.5, 0.6) is 5.75 Å². The third kappa shape index (κ3) is 3.27. The lowest BCUT2D eigenvalue weighted by molar-refractivity contribution is -0.384. The summed E-state index contributed by atoms with van der Waals surface area (Å²) in [5, 5.41) is 11.2. The molecule has 1 aliphatic rings. The summed E-state index contributed by atoms with van der Waals surface area (Å²) in [7, 11) is 1.25. The number of rotatable bonds is 4. The fourth-order valence-corrected chi connectivity index (χ4v) is 2.98. The van der Waals surface area contributed by atoms with E-state index in [1.54, 1.807) is 30.3 Å². The summed E-state index contributed by atoms with van der Waals surface area (Å²) in [6.45, 7) is 0. The molecule has 0 saturated heterocycles. The van der Waals surface area contributed by atoms with Crippen molar-refractivity contribution in [2.45, 2.75) is 0 Å². The largest absolute Gasteiger partial charge is 0.465 e. The molecule has 0 fully saturated rings. The number of Topliss-reactive ketones (excluding diaryl/α,β-unsaturated/α-hetero) is 1. The van der Waals surface area contributed by atoms with Gasteiger partial charge in [-0.15, -0.1) is 0 Å². The number of allylic oxidation sites excluding steroid dienone is 1. The highest BCUT2D eigenvalue weighted by molar-refractivity contribution is 6.15. The highest BCUT2D eigenvalue weighted by atomic mass is 16.6. The third-order valence-corrected chi connectivity index (χ3v) is 4.36. The molecule has 1 aliphatic heterocycles. The Morgan fingerprint density at radius 1 is 1.10 bits per heavy atom. The van der Waals surface area contributed by atoms with Crippen LogP contribution in [-0.2, 0) is 4.74 Å². The van der Waals surface area contributed by atoms with Crippen LogP contribution in [0.3, 0.4) is 0 Å². The van der Waals surface area contributed by atoms with Crippen LogP contribution in [0.1, 0.15) is 26.5 Å². The van der Waals surface area contributed by atoms with Crippen LogP contribution in [0, 0.1) is 10.1 Å².